The minimum absolute atomic E-state index is 0.0447. The zero-order valence-electron chi connectivity index (χ0n) is 25.7. The Morgan fingerprint density at radius 3 is 2.44 bits per heavy atom. The third kappa shape index (κ3) is 4.97. The van der Waals surface area contributed by atoms with Gasteiger partial charge in [0.05, 0.1) is 35.7 Å². The number of nitrogens with zero attached hydrogens (tertiary/aromatic N) is 7. The molecular formula is C34H40N8O3. The van der Waals surface area contributed by atoms with E-state index in [4.69, 9.17) is 9.97 Å². The maximum Gasteiger partial charge on any atom is 0.306 e. The van der Waals surface area contributed by atoms with Gasteiger partial charge in [-0.1, -0.05) is 12.1 Å². The quantitative estimate of drug-likeness (QED) is 0.290. The van der Waals surface area contributed by atoms with E-state index in [0.717, 1.165) is 93.2 Å². The van der Waals surface area contributed by atoms with Gasteiger partial charge in [-0.15, -0.1) is 10.2 Å². The summed E-state index contributed by atoms with van der Waals surface area (Å²) in [4.78, 5) is 31.8. The Labute approximate surface area is 262 Å². The van der Waals surface area contributed by atoms with Gasteiger partial charge in [0.2, 0.25) is 5.95 Å². The lowest BCUT2D eigenvalue weighted by molar-refractivity contribution is -0.145. The zero-order valence-corrected chi connectivity index (χ0v) is 25.7. The van der Waals surface area contributed by atoms with Crippen molar-refractivity contribution in [1.82, 2.24) is 30.0 Å². The van der Waals surface area contributed by atoms with Gasteiger partial charge in [-0.2, -0.15) is 0 Å². The Morgan fingerprint density at radius 2 is 1.73 bits per heavy atom. The van der Waals surface area contributed by atoms with E-state index in [9.17, 15) is 15.0 Å². The van der Waals surface area contributed by atoms with Crippen LogP contribution in [0.15, 0.2) is 42.7 Å². The van der Waals surface area contributed by atoms with E-state index in [1.54, 1.807) is 12.1 Å². The van der Waals surface area contributed by atoms with Crippen LogP contribution in [0.5, 0.6) is 5.75 Å². The van der Waals surface area contributed by atoms with Crippen LogP contribution in [0.4, 0.5) is 11.6 Å². The van der Waals surface area contributed by atoms with E-state index in [0.29, 0.717) is 22.7 Å². The Kier molecular flexibility index (Phi) is 6.89. The summed E-state index contributed by atoms with van der Waals surface area (Å²) < 4.78 is 0. The molecule has 1 saturated heterocycles. The molecule has 3 fully saturated rings. The average Bonchev–Trinajstić information content (AvgIpc) is 3.43. The lowest BCUT2D eigenvalue weighted by Gasteiger charge is -2.55. The molecule has 8 rings (SSSR count). The fourth-order valence-corrected chi connectivity index (χ4v) is 8.47. The standard InChI is InChI=1S/C34H40N8O3/c1-21-30-26-16-28(25-4-2-3-5-29(25)43)38-39-31(26)37-27(30)8-11-42(21)33-35-19-24(20-36-33)41-14-12-40(13-15-41)23-17-34(18-23)9-6-22(7-10-34)32(44)45/h2-5,16,19-23,43H,6-15,17-18H2,1H3,(H,37,39)(H,44,45). The number of H-pyrrole nitrogens is 1. The van der Waals surface area contributed by atoms with Gasteiger partial charge >= 0.3 is 5.97 Å². The van der Waals surface area contributed by atoms with E-state index in [2.05, 4.69) is 36.8 Å². The summed E-state index contributed by atoms with van der Waals surface area (Å²) in [5.74, 6) is 0.173. The van der Waals surface area contributed by atoms with E-state index < -0.39 is 5.97 Å². The Morgan fingerprint density at radius 1 is 1.00 bits per heavy atom. The molecule has 1 unspecified atom stereocenters. The molecule has 0 bridgehead atoms. The van der Waals surface area contributed by atoms with Crippen LogP contribution in [0, 0.1) is 11.3 Å². The minimum atomic E-state index is -0.613. The van der Waals surface area contributed by atoms with Gasteiger partial charge in [0.25, 0.3) is 0 Å². The summed E-state index contributed by atoms with van der Waals surface area (Å²) in [7, 11) is 0. The Hall–Kier alpha value is -4.25. The van der Waals surface area contributed by atoms with Crippen molar-refractivity contribution in [2.24, 2.45) is 11.3 Å². The summed E-state index contributed by atoms with van der Waals surface area (Å²) in [6.45, 7) is 7.00. The Balaban J connectivity index is 0.911. The number of piperazine rings is 1. The summed E-state index contributed by atoms with van der Waals surface area (Å²) in [5.41, 5.74) is 5.88. The van der Waals surface area contributed by atoms with E-state index >= 15 is 0 Å². The molecule has 11 nitrogen and oxygen atoms in total. The van der Waals surface area contributed by atoms with Gasteiger partial charge in [0.1, 0.15) is 5.75 Å². The molecule has 2 saturated carbocycles. The second-order valence-electron chi connectivity index (χ2n) is 13.6. The number of phenols is 1. The number of benzene rings is 1. The number of nitrogens with one attached hydrogen (secondary N) is 1. The van der Waals surface area contributed by atoms with Crippen molar-refractivity contribution in [1.29, 1.82) is 0 Å². The number of carboxylic acids is 1. The molecule has 5 heterocycles. The van der Waals surface area contributed by atoms with Gasteiger partial charge in [-0.25, -0.2) is 9.97 Å². The highest BCUT2D eigenvalue weighted by atomic mass is 16.4. The Bertz CT molecular complexity index is 1720. The van der Waals surface area contributed by atoms with Crippen LogP contribution in [-0.4, -0.2) is 85.0 Å². The first-order valence-corrected chi connectivity index (χ1v) is 16.3. The van der Waals surface area contributed by atoms with Crippen molar-refractivity contribution < 1.29 is 15.0 Å². The van der Waals surface area contributed by atoms with Gasteiger partial charge in [0.15, 0.2) is 5.65 Å². The number of anilines is 2. The summed E-state index contributed by atoms with van der Waals surface area (Å²) in [5, 5.41) is 29.6. The first-order valence-electron chi connectivity index (χ1n) is 16.3. The predicted molar refractivity (Wildman–Crippen MR) is 171 cm³/mol. The molecule has 2 aliphatic carbocycles. The third-order valence-corrected chi connectivity index (χ3v) is 11.2. The van der Waals surface area contributed by atoms with Crippen molar-refractivity contribution >= 4 is 28.6 Å². The monoisotopic (exact) mass is 608 g/mol. The normalized spacial score (nSPS) is 27.0. The molecule has 2 aliphatic heterocycles. The summed E-state index contributed by atoms with van der Waals surface area (Å²) in [6.07, 6.45) is 11.1. The fourth-order valence-electron chi connectivity index (χ4n) is 8.47. The van der Waals surface area contributed by atoms with Crippen LogP contribution >= 0.6 is 0 Å². The van der Waals surface area contributed by atoms with Crippen LogP contribution in [0.3, 0.4) is 0 Å². The zero-order chi connectivity index (χ0) is 30.7. The molecule has 45 heavy (non-hydrogen) atoms. The molecule has 1 aromatic carbocycles. The van der Waals surface area contributed by atoms with Gasteiger partial charge in [-0.3, -0.25) is 9.69 Å². The summed E-state index contributed by atoms with van der Waals surface area (Å²) in [6, 6.07) is 9.92. The highest BCUT2D eigenvalue weighted by Gasteiger charge is 2.49. The van der Waals surface area contributed by atoms with Crippen molar-refractivity contribution in [2.45, 2.75) is 64.0 Å². The molecule has 1 atom stereocenters. The first-order chi connectivity index (χ1) is 21.9. The maximum atomic E-state index is 11.3. The largest absolute Gasteiger partial charge is 0.507 e. The number of carboxylic acid groups (broad SMARTS) is 1. The average molecular weight is 609 g/mol. The van der Waals surface area contributed by atoms with Gasteiger partial charge < -0.3 is 25.0 Å². The number of phenolic OH excluding ortho intramolecular Hbond substituents is 1. The lowest BCUT2D eigenvalue weighted by atomic mass is 9.56. The number of carbonyl (C=O) groups is 1. The number of hydrogen-bond donors (Lipinski definition) is 3. The molecule has 4 aromatic rings. The highest BCUT2D eigenvalue weighted by molar-refractivity contribution is 5.86. The van der Waals surface area contributed by atoms with E-state index in [1.807, 2.05) is 30.6 Å². The van der Waals surface area contributed by atoms with Crippen LogP contribution in [0.25, 0.3) is 22.3 Å². The number of aromatic nitrogens is 5. The van der Waals surface area contributed by atoms with Crippen molar-refractivity contribution in [3.63, 3.8) is 0 Å². The molecule has 4 aliphatic rings. The molecule has 1 spiro atoms. The maximum absolute atomic E-state index is 11.3. The molecule has 0 radical (unpaired) electrons. The molecular weight excluding hydrogens is 568 g/mol. The van der Waals surface area contributed by atoms with Crippen molar-refractivity contribution in [2.75, 3.05) is 42.5 Å². The molecule has 11 heteroatoms. The smallest absolute Gasteiger partial charge is 0.306 e. The van der Waals surface area contributed by atoms with Crippen LogP contribution in [0.1, 0.15) is 62.7 Å². The van der Waals surface area contributed by atoms with Crippen molar-refractivity contribution in [3.8, 4) is 17.0 Å². The second-order valence-corrected chi connectivity index (χ2v) is 13.6. The minimum Gasteiger partial charge on any atom is -0.507 e. The number of aromatic amines is 1. The van der Waals surface area contributed by atoms with Crippen molar-refractivity contribution in [3.05, 3.63) is 54.0 Å². The molecule has 3 aromatic heterocycles. The summed E-state index contributed by atoms with van der Waals surface area (Å²) >= 11 is 0. The topological polar surface area (TPSA) is 135 Å². The van der Waals surface area contributed by atoms with E-state index in [1.165, 1.54) is 18.4 Å². The number of hydrogen-bond acceptors (Lipinski definition) is 9. The van der Waals surface area contributed by atoms with Gasteiger partial charge in [0, 0.05) is 67.4 Å². The van der Waals surface area contributed by atoms with Crippen LogP contribution in [-0.2, 0) is 11.2 Å². The fraction of sp³-hybridized carbons (Fsp3) is 0.500. The number of aromatic hydroxyl groups is 1. The number of fused-ring (bicyclic) bond motifs is 3. The number of aliphatic carboxylic acids is 1. The molecule has 0 amide bonds. The second kappa shape index (κ2) is 11.0. The molecule has 3 N–H and O–H groups in total. The highest BCUT2D eigenvalue weighted by Crippen LogP contribution is 2.54. The SMILES string of the molecule is CC1c2c([nH]c3nnc(-c4ccccc4O)cc23)CCN1c1ncc(N2CCN(C3CC4(CCC(C(=O)O)CC4)C3)CC2)cn1. The van der Waals surface area contributed by atoms with Crippen LogP contribution < -0.4 is 9.80 Å². The molecule has 234 valence electrons. The lowest BCUT2D eigenvalue weighted by Crippen LogP contribution is -2.57. The van der Waals surface area contributed by atoms with Gasteiger partial charge in [-0.05, 0) is 69.1 Å². The predicted octanol–water partition coefficient (Wildman–Crippen LogP) is 4.79. The number of rotatable bonds is 5. The third-order valence-electron chi connectivity index (χ3n) is 11.2. The van der Waals surface area contributed by atoms with Crippen LogP contribution in [0.2, 0.25) is 0 Å². The number of para-hydroxylation sites is 1. The van der Waals surface area contributed by atoms with E-state index in [-0.39, 0.29) is 17.7 Å². The first kappa shape index (κ1) is 28.2.